The van der Waals surface area contributed by atoms with Crippen molar-refractivity contribution in [1.29, 1.82) is 0 Å². The van der Waals surface area contributed by atoms with E-state index in [0.717, 1.165) is 0 Å². The number of hydrogen-bond donors (Lipinski definition) is 2. The SMILES string of the molecule is CCN(CCC(=O)O)C(=O)[C@@H](N)C(C)C. The molecule has 88 valence electrons. The summed E-state index contributed by atoms with van der Waals surface area (Å²) >= 11 is 0. The minimum Gasteiger partial charge on any atom is -0.481 e. The molecule has 0 heterocycles. The Kier molecular flexibility index (Phi) is 5.93. The highest BCUT2D eigenvalue weighted by Crippen LogP contribution is 2.04. The quantitative estimate of drug-likeness (QED) is 0.668. The van der Waals surface area contributed by atoms with Crippen molar-refractivity contribution in [2.45, 2.75) is 33.2 Å². The molecule has 0 spiro atoms. The van der Waals surface area contributed by atoms with Crippen LogP contribution in [-0.2, 0) is 9.59 Å². The first-order valence-corrected chi connectivity index (χ1v) is 5.16. The van der Waals surface area contributed by atoms with Crippen molar-refractivity contribution in [3.05, 3.63) is 0 Å². The second kappa shape index (κ2) is 6.40. The average molecular weight is 216 g/mol. The summed E-state index contributed by atoms with van der Waals surface area (Å²) in [5, 5.41) is 8.52. The molecule has 1 amide bonds. The molecule has 5 heteroatoms. The lowest BCUT2D eigenvalue weighted by Gasteiger charge is -2.25. The van der Waals surface area contributed by atoms with E-state index in [1.165, 1.54) is 4.90 Å². The molecule has 0 fully saturated rings. The van der Waals surface area contributed by atoms with Gasteiger partial charge in [0.2, 0.25) is 5.91 Å². The fraction of sp³-hybridized carbons (Fsp3) is 0.800. The van der Waals surface area contributed by atoms with E-state index in [0.29, 0.717) is 6.54 Å². The summed E-state index contributed by atoms with van der Waals surface area (Å²) in [5.41, 5.74) is 5.70. The van der Waals surface area contributed by atoms with Crippen LogP contribution in [0.4, 0.5) is 0 Å². The van der Waals surface area contributed by atoms with Crippen molar-refractivity contribution in [3.8, 4) is 0 Å². The molecular formula is C10H20N2O3. The molecule has 0 aliphatic rings. The Morgan fingerprint density at radius 3 is 2.27 bits per heavy atom. The van der Waals surface area contributed by atoms with Crippen LogP contribution in [0.5, 0.6) is 0 Å². The van der Waals surface area contributed by atoms with Crippen molar-refractivity contribution < 1.29 is 14.7 Å². The van der Waals surface area contributed by atoms with Gasteiger partial charge in [-0.05, 0) is 12.8 Å². The molecule has 3 N–H and O–H groups in total. The maximum atomic E-state index is 11.7. The molecule has 15 heavy (non-hydrogen) atoms. The third-order valence-electron chi connectivity index (χ3n) is 2.29. The molecule has 0 saturated carbocycles. The van der Waals surface area contributed by atoms with Gasteiger partial charge >= 0.3 is 5.97 Å². The molecule has 0 aromatic heterocycles. The first-order valence-electron chi connectivity index (χ1n) is 5.16. The van der Waals surface area contributed by atoms with E-state index < -0.39 is 12.0 Å². The molecule has 0 aliphatic carbocycles. The normalized spacial score (nSPS) is 12.6. The fourth-order valence-corrected chi connectivity index (χ4v) is 1.15. The molecule has 1 atom stereocenters. The fourth-order valence-electron chi connectivity index (χ4n) is 1.15. The summed E-state index contributed by atoms with van der Waals surface area (Å²) in [6, 6.07) is -0.543. The van der Waals surface area contributed by atoms with E-state index in [1.54, 1.807) is 0 Å². The summed E-state index contributed by atoms with van der Waals surface area (Å²) < 4.78 is 0. The Balaban J connectivity index is 4.27. The predicted molar refractivity (Wildman–Crippen MR) is 57.3 cm³/mol. The molecular weight excluding hydrogens is 196 g/mol. The Morgan fingerprint density at radius 1 is 1.40 bits per heavy atom. The van der Waals surface area contributed by atoms with Gasteiger partial charge in [0.1, 0.15) is 0 Å². The van der Waals surface area contributed by atoms with Gasteiger partial charge in [0.25, 0.3) is 0 Å². The molecule has 0 unspecified atom stereocenters. The number of aliphatic carboxylic acids is 1. The monoisotopic (exact) mass is 216 g/mol. The third kappa shape index (κ3) is 4.78. The van der Waals surface area contributed by atoms with Crippen LogP contribution in [0.15, 0.2) is 0 Å². The average Bonchev–Trinajstić information content (AvgIpc) is 2.16. The molecule has 0 radical (unpaired) electrons. The largest absolute Gasteiger partial charge is 0.481 e. The second-order valence-electron chi connectivity index (χ2n) is 3.83. The van der Waals surface area contributed by atoms with E-state index in [2.05, 4.69) is 0 Å². The van der Waals surface area contributed by atoms with E-state index in [4.69, 9.17) is 10.8 Å². The lowest BCUT2D eigenvalue weighted by atomic mass is 10.0. The van der Waals surface area contributed by atoms with Gasteiger partial charge in [-0.1, -0.05) is 13.8 Å². The summed E-state index contributed by atoms with van der Waals surface area (Å²) in [6.45, 7) is 6.27. The Bertz CT molecular complexity index is 229. The Morgan fingerprint density at radius 2 is 1.93 bits per heavy atom. The number of carboxylic acids is 1. The van der Waals surface area contributed by atoms with Crippen molar-refractivity contribution >= 4 is 11.9 Å². The predicted octanol–water partition coefficient (Wildman–Crippen LogP) is 0.293. The minimum absolute atomic E-state index is 0.0373. The smallest absolute Gasteiger partial charge is 0.305 e. The molecule has 0 aliphatic heterocycles. The van der Waals surface area contributed by atoms with Gasteiger partial charge in [-0.3, -0.25) is 9.59 Å². The Hall–Kier alpha value is -1.10. The van der Waals surface area contributed by atoms with Gasteiger partial charge < -0.3 is 15.7 Å². The number of likely N-dealkylation sites (N-methyl/N-ethyl adjacent to an activating group) is 1. The van der Waals surface area contributed by atoms with E-state index in [1.807, 2.05) is 20.8 Å². The van der Waals surface area contributed by atoms with Crippen LogP contribution in [0.1, 0.15) is 27.2 Å². The highest BCUT2D eigenvalue weighted by molar-refractivity contribution is 5.82. The molecule has 0 aromatic carbocycles. The van der Waals surface area contributed by atoms with Gasteiger partial charge in [0.15, 0.2) is 0 Å². The lowest BCUT2D eigenvalue weighted by Crippen LogP contribution is -2.47. The van der Waals surface area contributed by atoms with Gasteiger partial charge in [-0.15, -0.1) is 0 Å². The van der Waals surface area contributed by atoms with Crippen molar-refractivity contribution in [2.75, 3.05) is 13.1 Å². The number of hydrogen-bond acceptors (Lipinski definition) is 3. The standard InChI is InChI=1S/C10H20N2O3/c1-4-12(6-5-8(13)14)10(15)9(11)7(2)3/h7,9H,4-6,11H2,1-3H3,(H,13,14)/t9-/m0/s1. The number of nitrogens with two attached hydrogens (primary N) is 1. The molecule has 0 bridgehead atoms. The molecule has 0 saturated heterocycles. The van der Waals surface area contributed by atoms with E-state index in [9.17, 15) is 9.59 Å². The van der Waals surface area contributed by atoms with Gasteiger partial charge in [-0.2, -0.15) is 0 Å². The van der Waals surface area contributed by atoms with Crippen LogP contribution < -0.4 is 5.73 Å². The van der Waals surface area contributed by atoms with Gasteiger partial charge in [0.05, 0.1) is 12.5 Å². The molecule has 5 nitrogen and oxygen atoms in total. The van der Waals surface area contributed by atoms with Crippen LogP contribution in [0, 0.1) is 5.92 Å². The maximum Gasteiger partial charge on any atom is 0.305 e. The number of rotatable bonds is 6. The minimum atomic E-state index is -0.903. The summed E-state index contributed by atoms with van der Waals surface area (Å²) in [5.74, 6) is -1.01. The number of carbonyl (C=O) groups excluding carboxylic acids is 1. The summed E-state index contributed by atoms with van der Waals surface area (Å²) in [4.78, 5) is 23.6. The first kappa shape index (κ1) is 13.9. The molecule has 0 aromatic rings. The number of amides is 1. The number of nitrogens with zero attached hydrogens (tertiary/aromatic N) is 1. The van der Waals surface area contributed by atoms with Crippen molar-refractivity contribution in [3.63, 3.8) is 0 Å². The lowest BCUT2D eigenvalue weighted by molar-refractivity contribution is -0.139. The van der Waals surface area contributed by atoms with Gasteiger partial charge in [0, 0.05) is 13.1 Å². The summed E-state index contributed by atoms with van der Waals surface area (Å²) in [6.07, 6.45) is -0.0373. The van der Waals surface area contributed by atoms with Crippen LogP contribution in [0.3, 0.4) is 0 Å². The van der Waals surface area contributed by atoms with Crippen molar-refractivity contribution in [1.82, 2.24) is 4.90 Å². The number of carboxylic acid groups (broad SMARTS) is 1. The van der Waals surface area contributed by atoms with Crippen LogP contribution in [-0.4, -0.2) is 41.0 Å². The highest BCUT2D eigenvalue weighted by Gasteiger charge is 2.22. The van der Waals surface area contributed by atoms with E-state index in [-0.39, 0.29) is 24.8 Å². The van der Waals surface area contributed by atoms with Crippen LogP contribution in [0.25, 0.3) is 0 Å². The highest BCUT2D eigenvalue weighted by atomic mass is 16.4. The second-order valence-corrected chi connectivity index (χ2v) is 3.83. The van der Waals surface area contributed by atoms with Crippen LogP contribution in [0.2, 0.25) is 0 Å². The zero-order chi connectivity index (χ0) is 12.0. The van der Waals surface area contributed by atoms with Crippen molar-refractivity contribution in [2.24, 2.45) is 11.7 Å². The zero-order valence-electron chi connectivity index (χ0n) is 9.56. The topological polar surface area (TPSA) is 83.6 Å². The van der Waals surface area contributed by atoms with Crippen LogP contribution >= 0.6 is 0 Å². The first-order chi connectivity index (χ1) is 6.90. The number of carbonyl (C=O) groups is 2. The maximum absolute atomic E-state index is 11.7. The van der Waals surface area contributed by atoms with Gasteiger partial charge in [-0.25, -0.2) is 0 Å². The van der Waals surface area contributed by atoms with E-state index >= 15 is 0 Å². The molecule has 0 rings (SSSR count). The summed E-state index contributed by atoms with van der Waals surface area (Å²) in [7, 11) is 0. The Labute approximate surface area is 90.2 Å². The third-order valence-corrected chi connectivity index (χ3v) is 2.29. The zero-order valence-corrected chi connectivity index (χ0v) is 9.56.